The van der Waals surface area contributed by atoms with E-state index in [4.69, 9.17) is 4.74 Å². The van der Waals surface area contributed by atoms with E-state index < -0.39 is 18.9 Å². The molecule has 92 valence electrons. The quantitative estimate of drug-likeness (QED) is 0.753. The molecule has 0 amide bonds. The smallest absolute Gasteiger partial charge is 0.367 e. The highest BCUT2D eigenvalue weighted by atomic mass is 19.4. The summed E-state index contributed by atoms with van der Waals surface area (Å²) >= 11 is 0. The minimum atomic E-state index is -4.25. The second kappa shape index (κ2) is 6.33. The van der Waals surface area contributed by atoms with Crippen molar-refractivity contribution in [1.29, 1.82) is 0 Å². The number of hydrogen-bond donors (Lipinski definition) is 1. The van der Waals surface area contributed by atoms with Gasteiger partial charge in [-0.2, -0.15) is 13.2 Å². The van der Waals surface area contributed by atoms with Gasteiger partial charge in [0.25, 0.3) is 0 Å². The zero-order valence-corrected chi connectivity index (χ0v) is 9.69. The molecule has 1 N–H and O–H groups in total. The highest BCUT2D eigenvalue weighted by molar-refractivity contribution is 4.68. The van der Waals surface area contributed by atoms with Gasteiger partial charge in [0.2, 0.25) is 0 Å². The Morgan fingerprint density at radius 3 is 2.00 bits per heavy atom. The number of ether oxygens (including phenoxy) is 1. The van der Waals surface area contributed by atoms with Crippen molar-refractivity contribution in [2.75, 3.05) is 13.2 Å². The van der Waals surface area contributed by atoms with Crippen molar-refractivity contribution >= 4 is 0 Å². The van der Waals surface area contributed by atoms with Gasteiger partial charge in [-0.25, -0.2) is 0 Å². The molecule has 0 aromatic rings. The maximum absolute atomic E-state index is 11.9. The van der Waals surface area contributed by atoms with Crippen LogP contribution in [0, 0.1) is 5.92 Å². The summed E-state index contributed by atoms with van der Waals surface area (Å²) in [6.45, 7) is 6.87. The largest absolute Gasteiger partial charge is 0.411 e. The molecule has 0 aromatic heterocycles. The third-order valence-corrected chi connectivity index (χ3v) is 1.93. The first kappa shape index (κ1) is 14.7. The number of rotatable bonds is 6. The summed E-state index contributed by atoms with van der Waals surface area (Å²) < 4.78 is 40.6. The van der Waals surface area contributed by atoms with Crippen molar-refractivity contribution in [1.82, 2.24) is 5.32 Å². The molecule has 5 heteroatoms. The van der Waals surface area contributed by atoms with Gasteiger partial charge in [-0.3, -0.25) is 0 Å². The van der Waals surface area contributed by atoms with Gasteiger partial charge in [-0.05, 0) is 5.92 Å². The van der Waals surface area contributed by atoms with Gasteiger partial charge < -0.3 is 10.1 Å². The van der Waals surface area contributed by atoms with Gasteiger partial charge in [0.15, 0.2) is 0 Å². The highest BCUT2D eigenvalue weighted by Gasteiger charge is 2.29. The van der Waals surface area contributed by atoms with Gasteiger partial charge in [0.05, 0.1) is 6.10 Å². The van der Waals surface area contributed by atoms with Gasteiger partial charge in [0, 0.05) is 12.6 Å². The summed E-state index contributed by atoms with van der Waals surface area (Å²) in [5, 5.41) is 3.07. The summed E-state index contributed by atoms with van der Waals surface area (Å²) in [5.41, 5.74) is 0. The number of nitrogens with one attached hydrogen (secondary N) is 1. The predicted molar refractivity (Wildman–Crippen MR) is 53.8 cm³/mol. The van der Waals surface area contributed by atoms with Crippen molar-refractivity contribution in [2.24, 2.45) is 5.92 Å². The minimum Gasteiger partial charge on any atom is -0.367 e. The Morgan fingerprint density at radius 2 is 1.67 bits per heavy atom. The average Bonchev–Trinajstić information content (AvgIpc) is 2.00. The molecule has 0 bridgehead atoms. The summed E-state index contributed by atoms with van der Waals surface area (Å²) in [5.74, 6) is 0.0681. The number of halogens is 3. The molecule has 0 spiro atoms. The number of hydrogen-bond acceptors (Lipinski definition) is 2. The molecule has 0 aromatic carbocycles. The van der Waals surface area contributed by atoms with Crippen LogP contribution in [0.25, 0.3) is 0 Å². The first-order valence-corrected chi connectivity index (χ1v) is 5.14. The van der Waals surface area contributed by atoms with Crippen molar-refractivity contribution in [3.63, 3.8) is 0 Å². The zero-order valence-electron chi connectivity index (χ0n) is 9.69. The Balaban J connectivity index is 3.95. The molecule has 0 radical (unpaired) electrons. The molecule has 0 aliphatic heterocycles. The third kappa shape index (κ3) is 8.69. The van der Waals surface area contributed by atoms with Gasteiger partial charge in [-0.15, -0.1) is 0 Å². The molecule has 0 rings (SSSR count). The summed E-state index contributed by atoms with van der Waals surface area (Å²) in [7, 11) is 0. The standard InChI is InChI=1S/C10H20F3NO/c1-7(2)9(5-14-8(3)4)15-6-10(11,12)13/h7-9,14H,5-6H2,1-4H3. The minimum absolute atomic E-state index is 0.0681. The molecule has 0 aliphatic rings. The van der Waals surface area contributed by atoms with E-state index in [2.05, 4.69) is 5.32 Å². The molecular weight excluding hydrogens is 207 g/mol. The lowest BCUT2D eigenvalue weighted by Crippen LogP contribution is -2.38. The second-order valence-electron chi connectivity index (χ2n) is 4.27. The van der Waals surface area contributed by atoms with E-state index in [1.165, 1.54) is 0 Å². The van der Waals surface area contributed by atoms with E-state index in [1.54, 1.807) is 0 Å². The second-order valence-corrected chi connectivity index (χ2v) is 4.27. The Kier molecular flexibility index (Phi) is 6.20. The Labute approximate surface area is 89.2 Å². The normalized spacial score (nSPS) is 15.0. The topological polar surface area (TPSA) is 21.3 Å². The summed E-state index contributed by atoms with van der Waals surface area (Å²) in [6, 6.07) is 0.251. The summed E-state index contributed by atoms with van der Waals surface area (Å²) in [4.78, 5) is 0. The lowest BCUT2D eigenvalue weighted by atomic mass is 10.1. The van der Waals surface area contributed by atoms with E-state index in [1.807, 2.05) is 27.7 Å². The molecular formula is C10H20F3NO. The van der Waals surface area contributed by atoms with Gasteiger partial charge in [-0.1, -0.05) is 27.7 Å². The third-order valence-electron chi connectivity index (χ3n) is 1.93. The SMILES string of the molecule is CC(C)NCC(OCC(F)(F)F)C(C)C. The molecule has 0 fully saturated rings. The molecule has 0 aliphatic carbocycles. The lowest BCUT2D eigenvalue weighted by Gasteiger charge is -2.23. The van der Waals surface area contributed by atoms with Crippen LogP contribution < -0.4 is 5.32 Å². The van der Waals surface area contributed by atoms with Crippen LogP contribution in [0.4, 0.5) is 13.2 Å². The first-order chi connectivity index (χ1) is 6.72. The van der Waals surface area contributed by atoms with E-state index in [0.717, 1.165) is 0 Å². The summed E-state index contributed by atoms with van der Waals surface area (Å²) in [6.07, 6.45) is -4.64. The van der Waals surface area contributed by atoms with Crippen LogP contribution in [0.5, 0.6) is 0 Å². The molecule has 15 heavy (non-hydrogen) atoms. The van der Waals surface area contributed by atoms with E-state index >= 15 is 0 Å². The predicted octanol–water partition coefficient (Wildman–Crippen LogP) is 2.59. The van der Waals surface area contributed by atoms with Crippen molar-refractivity contribution in [2.45, 2.75) is 46.0 Å². The van der Waals surface area contributed by atoms with E-state index in [0.29, 0.717) is 6.54 Å². The van der Waals surface area contributed by atoms with Gasteiger partial charge >= 0.3 is 6.18 Å². The fourth-order valence-electron chi connectivity index (χ4n) is 1.04. The van der Waals surface area contributed by atoms with Crippen LogP contribution in [0.1, 0.15) is 27.7 Å². The monoisotopic (exact) mass is 227 g/mol. The van der Waals surface area contributed by atoms with Crippen LogP contribution in [0.3, 0.4) is 0 Å². The molecule has 2 nitrogen and oxygen atoms in total. The molecule has 0 saturated heterocycles. The Bertz CT molecular complexity index is 169. The van der Waals surface area contributed by atoms with Crippen LogP contribution in [0.15, 0.2) is 0 Å². The molecule has 1 atom stereocenters. The van der Waals surface area contributed by atoms with Gasteiger partial charge in [0.1, 0.15) is 6.61 Å². The maximum atomic E-state index is 11.9. The Hall–Kier alpha value is -0.290. The number of alkyl halides is 3. The maximum Gasteiger partial charge on any atom is 0.411 e. The highest BCUT2D eigenvalue weighted by Crippen LogP contribution is 2.17. The van der Waals surface area contributed by atoms with Crippen LogP contribution in [-0.2, 0) is 4.74 Å². The molecule has 0 heterocycles. The first-order valence-electron chi connectivity index (χ1n) is 5.14. The van der Waals surface area contributed by atoms with Crippen LogP contribution >= 0.6 is 0 Å². The van der Waals surface area contributed by atoms with Crippen LogP contribution in [-0.4, -0.2) is 31.5 Å². The van der Waals surface area contributed by atoms with Crippen molar-refractivity contribution < 1.29 is 17.9 Å². The molecule has 0 saturated carbocycles. The lowest BCUT2D eigenvalue weighted by molar-refractivity contribution is -0.188. The fourth-order valence-corrected chi connectivity index (χ4v) is 1.04. The molecule has 1 unspecified atom stereocenters. The van der Waals surface area contributed by atoms with E-state index in [9.17, 15) is 13.2 Å². The van der Waals surface area contributed by atoms with Crippen LogP contribution in [0.2, 0.25) is 0 Å². The average molecular weight is 227 g/mol. The van der Waals surface area contributed by atoms with Crippen molar-refractivity contribution in [3.05, 3.63) is 0 Å². The Morgan fingerprint density at radius 1 is 1.13 bits per heavy atom. The van der Waals surface area contributed by atoms with E-state index in [-0.39, 0.29) is 12.0 Å². The fraction of sp³-hybridized carbons (Fsp3) is 1.00. The van der Waals surface area contributed by atoms with Crippen molar-refractivity contribution in [3.8, 4) is 0 Å². The zero-order chi connectivity index (χ0) is 12.1.